The molecule has 1 atom stereocenters. The molecule has 1 unspecified atom stereocenters. The molecule has 126 valence electrons. The molecule has 0 aliphatic carbocycles. The van der Waals surface area contributed by atoms with Crippen LogP contribution in [0, 0.1) is 6.92 Å². The molecule has 25 heavy (non-hydrogen) atoms. The molecule has 0 spiro atoms. The molecule has 1 amide bonds. The average molecular weight is 351 g/mol. The fraction of sp³-hybridized carbons (Fsp3) is 0.211. The number of nitrogens with zero attached hydrogens (tertiary/aromatic N) is 2. The summed E-state index contributed by atoms with van der Waals surface area (Å²) < 4.78 is 1.76. The maximum absolute atomic E-state index is 12.7. The monoisotopic (exact) mass is 351 g/mol. The normalized spacial score (nSPS) is 16.5. The molecule has 3 aromatic rings. The SMILES string of the molecule is Cc1cccc(-c2cnc(NC(=O)C3CCC(=O)c4cccn43)s2)c1. The van der Waals surface area contributed by atoms with Gasteiger partial charge in [0.25, 0.3) is 0 Å². The van der Waals surface area contributed by atoms with Gasteiger partial charge in [-0.15, -0.1) is 0 Å². The minimum atomic E-state index is -0.367. The molecule has 5 nitrogen and oxygen atoms in total. The molecule has 0 fully saturated rings. The van der Waals surface area contributed by atoms with Gasteiger partial charge in [0.15, 0.2) is 10.9 Å². The molecule has 1 aliphatic rings. The zero-order valence-corrected chi connectivity index (χ0v) is 14.5. The van der Waals surface area contributed by atoms with Gasteiger partial charge in [-0.3, -0.25) is 9.59 Å². The summed E-state index contributed by atoms with van der Waals surface area (Å²) in [6, 6.07) is 11.4. The van der Waals surface area contributed by atoms with E-state index >= 15 is 0 Å². The predicted molar refractivity (Wildman–Crippen MR) is 98.0 cm³/mol. The van der Waals surface area contributed by atoms with Crippen molar-refractivity contribution in [1.29, 1.82) is 0 Å². The van der Waals surface area contributed by atoms with Crippen molar-refractivity contribution in [3.63, 3.8) is 0 Å². The number of hydrogen-bond donors (Lipinski definition) is 1. The Balaban J connectivity index is 1.53. The van der Waals surface area contributed by atoms with Gasteiger partial charge in [-0.2, -0.15) is 0 Å². The van der Waals surface area contributed by atoms with Crippen LogP contribution in [-0.2, 0) is 4.79 Å². The number of amides is 1. The number of thiazole rings is 1. The standard InChI is InChI=1S/C19H17N3O2S/c1-12-4-2-5-13(10-12)17-11-20-19(25-17)21-18(24)15-7-8-16(23)14-6-3-9-22(14)15/h2-6,9-11,15H,7-8H2,1H3,(H,20,21,24). The van der Waals surface area contributed by atoms with E-state index in [9.17, 15) is 9.59 Å². The Bertz CT molecular complexity index is 957. The highest BCUT2D eigenvalue weighted by Gasteiger charge is 2.29. The topological polar surface area (TPSA) is 64.0 Å². The summed E-state index contributed by atoms with van der Waals surface area (Å²) in [6.45, 7) is 2.05. The molecule has 6 heteroatoms. The summed E-state index contributed by atoms with van der Waals surface area (Å²) in [7, 11) is 0. The Labute approximate surface area is 149 Å². The van der Waals surface area contributed by atoms with Crippen molar-refractivity contribution in [3.8, 4) is 10.4 Å². The number of ketones is 1. The van der Waals surface area contributed by atoms with Gasteiger partial charge in [-0.25, -0.2) is 4.98 Å². The summed E-state index contributed by atoms with van der Waals surface area (Å²) in [4.78, 5) is 29.9. The molecular weight excluding hydrogens is 334 g/mol. The Kier molecular flexibility index (Phi) is 3.97. The third kappa shape index (κ3) is 3.00. The number of benzene rings is 1. The van der Waals surface area contributed by atoms with Gasteiger partial charge in [0.05, 0.1) is 10.6 Å². The van der Waals surface area contributed by atoms with Crippen LogP contribution in [0.4, 0.5) is 5.13 Å². The number of anilines is 1. The van der Waals surface area contributed by atoms with Gasteiger partial charge in [0, 0.05) is 18.8 Å². The Morgan fingerprint density at radius 1 is 1.32 bits per heavy atom. The second-order valence-electron chi connectivity index (χ2n) is 6.17. The van der Waals surface area contributed by atoms with Crippen molar-refractivity contribution >= 4 is 28.2 Å². The number of carbonyl (C=O) groups is 2. The minimum Gasteiger partial charge on any atom is -0.333 e. The average Bonchev–Trinajstić information content (AvgIpc) is 3.25. The first-order valence-electron chi connectivity index (χ1n) is 8.15. The predicted octanol–water partition coefficient (Wildman–Crippen LogP) is 4.08. The number of aromatic nitrogens is 2. The van der Waals surface area contributed by atoms with Crippen molar-refractivity contribution in [3.05, 3.63) is 60.0 Å². The van der Waals surface area contributed by atoms with Crippen LogP contribution in [0.3, 0.4) is 0 Å². The van der Waals surface area contributed by atoms with E-state index in [4.69, 9.17) is 0 Å². The molecule has 1 aliphatic heterocycles. The van der Waals surface area contributed by atoms with Crippen LogP contribution in [0.25, 0.3) is 10.4 Å². The van der Waals surface area contributed by atoms with E-state index in [1.54, 1.807) is 29.1 Å². The lowest BCUT2D eigenvalue weighted by Gasteiger charge is -2.24. The number of rotatable bonds is 3. The molecule has 1 N–H and O–H groups in total. The fourth-order valence-electron chi connectivity index (χ4n) is 3.15. The zero-order valence-electron chi connectivity index (χ0n) is 13.7. The molecule has 0 saturated carbocycles. The summed E-state index contributed by atoms with van der Waals surface area (Å²) in [5.74, 6) is -0.0416. The van der Waals surface area contributed by atoms with E-state index in [1.165, 1.54) is 16.9 Å². The second kappa shape index (κ2) is 6.29. The summed E-state index contributed by atoms with van der Waals surface area (Å²) in [5.41, 5.74) is 2.88. The lowest BCUT2D eigenvalue weighted by molar-refractivity contribution is -0.119. The number of carbonyl (C=O) groups excluding carboxylic acids is 2. The molecule has 1 aromatic carbocycles. The highest BCUT2D eigenvalue weighted by molar-refractivity contribution is 7.19. The molecule has 3 heterocycles. The van der Waals surface area contributed by atoms with Crippen molar-refractivity contribution in [1.82, 2.24) is 9.55 Å². The quantitative estimate of drug-likeness (QED) is 0.773. The number of hydrogen-bond acceptors (Lipinski definition) is 4. The van der Waals surface area contributed by atoms with Crippen LogP contribution in [0.15, 0.2) is 48.8 Å². The summed E-state index contributed by atoms with van der Waals surface area (Å²) in [6.07, 6.45) is 4.48. The Hall–Kier alpha value is -2.73. The van der Waals surface area contributed by atoms with Gasteiger partial charge >= 0.3 is 0 Å². The fourth-order valence-corrected chi connectivity index (χ4v) is 3.96. The minimum absolute atomic E-state index is 0.0880. The van der Waals surface area contributed by atoms with Crippen molar-refractivity contribution < 1.29 is 9.59 Å². The molecule has 0 bridgehead atoms. The van der Waals surface area contributed by atoms with E-state index < -0.39 is 0 Å². The van der Waals surface area contributed by atoms with Gasteiger partial charge in [0.2, 0.25) is 5.91 Å². The van der Waals surface area contributed by atoms with Gasteiger partial charge < -0.3 is 9.88 Å². The zero-order chi connectivity index (χ0) is 17.4. The Morgan fingerprint density at radius 3 is 3.04 bits per heavy atom. The maximum Gasteiger partial charge on any atom is 0.249 e. The van der Waals surface area contributed by atoms with Gasteiger partial charge in [0.1, 0.15) is 6.04 Å². The lowest BCUT2D eigenvalue weighted by Crippen LogP contribution is -2.31. The molecule has 2 aromatic heterocycles. The number of aryl methyl sites for hydroxylation is 1. The van der Waals surface area contributed by atoms with Crippen molar-refractivity contribution in [2.24, 2.45) is 0 Å². The first-order valence-corrected chi connectivity index (χ1v) is 8.97. The molecule has 0 radical (unpaired) electrons. The molecule has 0 saturated heterocycles. The summed E-state index contributed by atoms with van der Waals surface area (Å²) >= 11 is 1.45. The van der Waals surface area contributed by atoms with Crippen LogP contribution in [0.5, 0.6) is 0 Å². The van der Waals surface area contributed by atoms with E-state index in [-0.39, 0.29) is 17.7 Å². The van der Waals surface area contributed by atoms with E-state index in [1.807, 2.05) is 25.1 Å². The molecular formula is C19H17N3O2S. The van der Waals surface area contributed by atoms with E-state index in [0.717, 1.165) is 10.4 Å². The van der Waals surface area contributed by atoms with Gasteiger partial charge in [-0.05, 0) is 31.0 Å². The molecule has 4 rings (SSSR count). The number of Topliss-reactive ketones (excluding diaryl/α,β-unsaturated/α-hetero) is 1. The Morgan fingerprint density at radius 2 is 2.20 bits per heavy atom. The first kappa shape index (κ1) is 15.8. The highest BCUT2D eigenvalue weighted by Crippen LogP contribution is 2.31. The van der Waals surface area contributed by atoms with Crippen molar-refractivity contribution in [2.75, 3.05) is 5.32 Å². The number of nitrogens with one attached hydrogen (secondary N) is 1. The second-order valence-corrected chi connectivity index (χ2v) is 7.20. The van der Waals surface area contributed by atoms with Crippen LogP contribution >= 0.6 is 11.3 Å². The lowest BCUT2D eigenvalue weighted by atomic mass is 10.0. The van der Waals surface area contributed by atoms with Crippen LogP contribution in [0.2, 0.25) is 0 Å². The highest BCUT2D eigenvalue weighted by atomic mass is 32.1. The van der Waals surface area contributed by atoms with Crippen molar-refractivity contribution in [2.45, 2.75) is 25.8 Å². The smallest absolute Gasteiger partial charge is 0.249 e. The third-order valence-corrected chi connectivity index (χ3v) is 5.35. The number of fused-ring (bicyclic) bond motifs is 1. The van der Waals surface area contributed by atoms with Crippen LogP contribution < -0.4 is 5.32 Å². The van der Waals surface area contributed by atoms with E-state index in [0.29, 0.717) is 23.7 Å². The maximum atomic E-state index is 12.7. The first-order chi connectivity index (χ1) is 12.1. The van der Waals surface area contributed by atoms with E-state index in [2.05, 4.69) is 16.4 Å². The van der Waals surface area contributed by atoms with Crippen LogP contribution in [-0.4, -0.2) is 21.2 Å². The largest absolute Gasteiger partial charge is 0.333 e. The third-order valence-electron chi connectivity index (χ3n) is 4.39. The summed E-state index contributed by atoms with van der Waals surface area (Å²) in [5, 5.41) is 3.47. The van der Waals surface area contributed by atoms with Crippen LogP contribution in [0.1, 0.15) is 34.9 Å². The van der Waals surface area contributed by atoms with Gasteiger partial charge in [-0.1, -0.05) is 41.2 Å².